The maximum Gasteiger partial charge on any atom is 0.232 e. The van der Waals surface area contributed by atoms with E-state index >= 15 is 0 Å². The highest BCUT2D eigenvalue weighted by molar-refractivity contribution is 7.92. The number of ether oxygens (including phenoxy) is 1. The van der Waals surface area contributed by atoms with Gasteiger partial charge in [0.2, 0.25) is 15.9 Å². The van der Waals surface area contributed by atoms with Crippen LogP contribution in [0.25, 0.3) is 0 Å². The maximum absolute atomic E-state index is 12.2. The van der Waals surface area contributed by atoms with Gasteiger partial charge in [0.1, 0.15) is 5.75 Å². The molecule has 26 heavy (non-hydrogen) atoms. The summed E-state index contributed by atoms with van der Waals surface area (Å²) in [5.41, 5.74) is 2.54. The number of methoxy groups -OCH3 is 1. The Bertz CT molecular complexity index is 865. The van der Waals surface area contributed by atoms with Crippen molar-refractivity contribution in [3.63, 3.8) is 0 Å². The van der Waals surface area contributed by atoms with Crippen molar-refractivity contribution in [3.05, 3.63) is 59.7 Å². The normalized spacial score (nSPS) is 11.0. The van der Waals surface area contributed by atoms with Crippen molar-refractivity contribution in [2.24, 2.45) is 0 Å². The zero-order valence-electron chi connectivity index (χ0n) is 15.2. The van der Waals surface area contributed by atoms with E-state index in [4.69, 9.17) is 4.74 Å². The second kappa shape index (κ2) is 8.71. The monoisotopic (exact) mass is 376 g/mol. The third-order valence-electron chi connectivity index (χ3n) is 3.87. The van der Waals surface area contributed by atoms with Gasteiger partial charge in [-0.15, -0.1) is 0 Å². The molecule has 0 atom stereocenters. The molecule has 0 saturated carbocycles. The molecule has 0 saturated heterocycles. The quantitative estimate of drug-likeness (QED) is 0.768. The van der Waals surface area contributed by atoms with E-state index in [0.717, 1.165) is 17.4 Å². The van der Waals surface area contributed by atoms with Crippen LogP contribution in [0, 0.1) is 6.92 Å². The predicted molar refractivity (Wildman–Crippen MR) is 103 cm³/mol. The summed E-state index contributed by atoms with van der Waals surface area (Å²) in [7, 11) is -2.07. The van der Waals surface area contributed by atoms with Crippen LogP contribution >= 0.6 is 0 Å². The highest BCUT2D eigenvalue weighted by atomic mass is 32.2. The van der Waals surface area contributed by atoms with Crippen molar-refractivity contribution in [1.29, 1.82) is 0 Å². The van der Waals surface area contributed by atoms with Crippen LogP contribution in [0.3, 0.4) is 0 Å². The summed E-state index contributed by atoms with van der Waals surface area (Å²) in [6.07, 6.45) is 1.17. The molecule has 1 amide bonds. The van der Waals surface area contributed by atoms with Crippen LogP contribution in [0.2, 0.25) is 0 Å². The van der Waals surface area contributed by atoms with E-state index in [2.05, 4.69) is 5.32 Å². The lowest BCUT2D eigenvalue weighted by atomic mass is 10.1. The van der Waals surface area contributed by atoms with Crippen molar-refractivity contribution in [2.45, 2.75) is 19.9 Å². The number of anilines is 1. The van der Waals surface area contributed by atoms with E-state index in [1.54, 1.807) is 24.3 Å². The fourth-order valence-corrected chi connectivity index (χ4v) is 3.55. The third kappa shape index (κ3) is 5.49. The Kier molecular flexibility index (Phi) is 6.63. The summed E-state index contributed by atoms with van der Waals surface area (Å²) >= 11 is 0. The number of benzene rings is 2. The van der Waals surface area contributed by atoms with Crippen molar-refractivity contribution < 1.29 is 17.9 Å². The molecule has 0 heterocycles. The lowest BCUT2D eigenvalue weighted by Gasteiger charge is -2.24. The Hall–Kier alpha value is -2.54. The average molecular weight is 376 g/mol. The molecule has 0 aromatic heterocycles. The third-order valence-corrected chi connectivity index (χ3v) is 5.05. The highest BCUT2D eigenvalue weighted by Crippen LogP contribution is 2.29. The average Bonchev–Trinajstić information content (AvgIpc) is 2.59. The van der Waals surface area contributed by atoms with Gasteiger partial charge in [-0.25, -0.2) is 8.42 Å². The second-order valence-corrected chi connectivity index (χ2v) is 7.93. The molecule has 0 aliphatic rings. The van der Waals surface area contributed by atoms with Gasteiger partial charge in [-0.05, 0) is 24.6 Å². The fraction of sp³-hybridized carbons (Fsp3) is 0.316. The van der Waals surface area contributed by atoms with Crippen molar-refractivity contribution >= 4 is 21.6 Å². The Morgan fingerprint density at radius 3 is 2.54 bits per heavy atom. The van der Waals surface area contributed by atoms with E-state index < -0.39 is 10.0 Å². The Labute approximate surface area is 154 Å². The molecule has 2 rings (SSSR count). The van der Waals surface area contributed by atoms with Crippen LogP contribution in [0.5, 0.6) is 5.75 Å². The molecule has 0 aliphatic heterocycles. The Morgan fingerprint density at radius 1 is 1.15 bits per heavy atom. The van der Waals surface area contributed by atoms with Crippen LogP contribution in [0.1, 0.15) is 17.5 Å². The molecular formula is C19H24N2O4S. The molecule has 6 nitrogen and oxygen atoms in total. The summed E-state index contributed by atoms with van der Waals surface area (Å²) in [5.74, 6) is 0.230. The Balaban J connectivity index is 2.02. The van der Waals surface area contributed by atoms with Gasteiger partial charge in [0.15, 0.2) is 0 Å². The van der Waals surface area contributed by atoms with Gasteiger partial charge in [-0.3, -0.25) is 9.10 Å². The minimum atomic E-state index is -3.55. The number of nitrogens with one attached hydrogen (secondary N) is 1. The maximum atomic E-state index is 12.2. The molecule has 2 aromatic carbocycles. The van der Waals surface area contributed by atoms with E-state index in [1.165, 1.54) is 11.4 Å². The molecule has 1 N–H and O–H groups in total. The van der Waals surface area contributed by atoms with Crippen LogP contribution in [0.4, 0.5) is 5.69 Å². The molecule has 2 aromatic rings. The summed E-state index contributed by atoms with van der Waals surface area (Å²) in [6, 6.07) is 14.7. The second-order valence-electron chi connectivity index (χ2n) is 6.02. The largest absolute Gasteiger partial charge is 0.495 e. The number of aryl methyl sites for hydroxylation is 1. The van der Waals surface area contributed by atoms with Gasteiger partial charge in [-0.1, -0.05) is 42.0 Å². The van der Waals surface area contributed by atoms with Crippen molar-refractivity contribution in [3.8, 4) is 5.75 Å². The van der Waals surface area contributed by atoms with Gasteiger partial charge in [0, 0.05) is 19.5 Å². The van der Waals surface area contributed by atoms with Gasteiger partial charge >= 0.3 is 0 Å². The number of sulfonamides is 1. The smallest absolute Gasteiger partial charge is 0.232 e. The molecule has 0 aliphatic carbocycles. The van der Waals surface area contributed by atoms with Crippen LogP contribution < -0.4 is 14.4 Å². The number of nitrogens with zero attached hydrogens (tertiary/aromatic N) is 1. The minimum absolute atomic E-state index is 0.0405. The number of para-hydroxylation sites is 2. The minimum Gasteiger partial charge on any atom is -0.495 e. The van der Waals surface area contributed by atoms with Crippen LogP contribution in [-0.4, -0.2) is 34.2 Å². The van der Waals surface area contributed by atoms with E-state index in [-0.39, 0.29) is 18.9 Å². The summed E-state index contributed by atoms with van der Waals surface area (Å²) < 4.78 is 30.8. The molecule has 0 fully saturated rings. The van der Waals surface area contributed by atoms with Gasteiger partial charge in [0.05, 0.1) is 19.1 Å². The number of carbonyl (C=O) groups is 1. The molecule has 7 heteroatoms. The zero-order valence-corrected chi connectivity index (χ0v) is 16.0. The summed E-state index contributed by atoms with van der Waals surface area (Å²) in [5, 5.41) is 2.82. The summed E-state index contributed by atoms with van der Waals surface area (Å²) in [4.78, 5) is 12.2. The molecular weight excluding hydrogens is 352 g/mol. The van der Waals surface area contributed by atoms with E-state index in [1.807, 2.05) is 31.2 Å². The standard InChI is InChI=1S/C19H24N2O4S/c1-15-7-6-8-16(13-15)14-20-19(22)11-12-21(26(3,23)24)17-9-4-5-10-18(17)25-2/h4-10,13H,11-12,14H2,1-3H3,(H,20,22). The predicted octanol–water partition coefficient (Wildman–Crippen LogP) is 2.48. The molecule has 0 bridgehead atoms. The van der Waals surface area contributed by atoms with E-state index in [0.29, 0.717) is 18.0 Å². The number of hydrogen-bond acceptors (Lipinski definition) is 4. The summed E-state index contributed by atoms with van der Waals surface area (Å²) in [6.45, 7) is 2.44. The fourth-order valence-electron chi connectivity index (χ4n) is 2.61. The molecule has 0 unspecified atom stereocenters. The molecule has 0 spiro atoms. The highest BCUT2D eigenvalue weighted by Gasteiger charge is 2.21. The number of hydrogen-bond donors (Lipinski definition) is 1. The Morgan fingerprint density at radius 2 is 1.88 bits per heavy atom. The van der Waals surface area contributed by atoms with Gasteiger partial charge in [0.25, 0.3) is 0 Å². The SMILES string of the molecule is COc1ccccc1N(CCC(=O)NCc1cccc(C)c1)S(C)(=O)=O. The number of rotatable bonds is 8. The zero-order chi connectivity index (χ0) is 19.2. The lowest BCUT2D eigenvalue weighted by Crippen LogP contribution is -2.34. The van der Waals surface area contributed by atoms with Crippen LogP contribution in [-0.2, 0) is 21.4 Å². The van der Waals surface area contributed by atoms with Crippen molar-refractivity contribution in [1.82, 2.24) is 5.32 Å². The first-order chi connectivity index (χ1) is 12.3. The number of amides is 1. The van der Waals surface area contributed by atoms with Crippen LogP contribution in [0.15, 0.2) is 48.5 Å². The lowest BCUT2D eigenvalue weighted by molar-refractivity contribution is -0.121. The topological polar surface area (TPSA) is 75.7 Å². The molecule has 140 valence electrons. The first kappa shape index (κ1) is 19.8. The van der Waals surface area contributed by atoms with E-state index in [9.17, 15) is 13.2 Å². The first-order valence-electron chi connectivity index (χ1n) is 8.24. The number of carbonyl (C=O) groups excluding carboxylic acids is 1. The first-order valence-corrected chi connectivity index (χ1v) is 10.1. The van der Waals surface area contributed by atoms with Crippen molar-refractivity contribution in [2.75, 3.05) is 24.2 Å². The molecule has 0 radical (unpaired) electrons. The van der Waals surface area contributed by atoms with Gasteiger partial charge < -0.3 is 10.1 Å². The van der Waals surface area contributed by atoms with Gasteiger partial charge in [-0.2, -0.15) is 0 Å².